The van der Waals surface area contributed by atoms with Gasteiger partial charge in [-0.05, 0) is 72.8 Å². The molecule has 0 spiro atoms. The minimum atomic E-state index is 0.493. The van der Waals surface area contributed by atoms with Gasteiger partial charge in [-0.25, -0.2) is 0 Å². The molecule has 4 aromatic rings. The van der Waals surface area contributed by atoms with Crippen LogP contribution in [0.4, 0.5) is 0 Å². The van der Waals surface area contributed by atoms with Crippen LogP contribution in [0.5, 0.6) is 34.5 Å². The molecule has 144 valence electrons. The van der Waals surface area contributed by atoms with Crippen LogP contribution in [-0.4, -0.2) is 0 Å². The third-order valence-electron chi connectivity index (χ3n) is 3.98. The monoisotopic (exact) mass is 422 g/mol. The highest BCUT2D eigenvalue weighted by molar-refractivity contribution is 6.34. The van der Waals surface area contributed by atoms with Gasteiger partial charge in [0.1, 0.15) is 34.5 Å². The lowest BCUT2D eigenvalue weighted by Crippen LogP contribution is -1.88. The molecule has 0 atom stereocenters. The van der Waals surface area contributed by atoms with E-state index in [4.69, 9.17) is 37.4 Å². The van der Waals surface area contributed by atoms with Crippen molar-refractivity contribution in [2.45, 2.75) is 0 Å². The quantitative estimate of drug-likeness (QED) is 0.312. The van der Waals surface area contributed by atoms with Crippen LogP contribution in [0.25, 0.3) is 0 Å². The SMILES string of the molecule is Clc1ccc(Cl)c(Oc2ccc(Oc3ccc(Oc4ccccc4)cc3)cc2)c1. The molecule has 0 radical (unpaired) electrons. The van der Waals surface area contributed by atoms with Crippen LogP contribution >= 0.6 is 23.2 Å². The minimum absolute atomic E-state index is 0.493. The summed E-state index contributed by atoms with van der Waals surface area (Å²) < 4.78 is 17.4. The van der Waals surface area contributed by atoms with Crippen molar-refractivity contribution in [3.63, 3.8) is 0 Å². The summed E-state index contributed by atoms with van der Waals surface area (Å²) in [5, 5.41) is 1.05. The molecule has 0 bridgehead atoms. The molecule has 5 heteroatoms. The summed E-state index contributed by atoms with van der Waals surface area (Å²) in [4.78, 5) is 0. The van der Waals surface area contributed by atoms with Crippen molar-refractivity contribution in [3.05, 3.63) is 107 Å². The van der Waals surface area contributed by atoms with Crippen molar-refractivity contribution >= 4 is 23.2 Å². The zero-order chi connectivity index (χ0) is 20.1. The van der Waals surface area contributed by atoms with E-state index in [-0.39, 0.29) is 0 Å². The predicted octanol–water partition coefficient (Wildman–Crippen LogP) is 8.37. The molecule has 29 heavy (non-hydrogen) atoms. The standard InChI is InChI=1S/C24H16Cl2O3/c25-17-6-15-23(26)24(16-17)29-22-13-11-21(12-14-22)28-20-9-7-19(8-10-20)27-18-4-2-1-3-5-18/h1-16H. The van der Waals surface area contributed by atoms with Crippen LogP contribution in [0.3, 0.4) is 0 Å². The van der Waals surface area contributed by atoms with Crippen molar-refractivity contribution in [1.82, 2.24) is 0 Å². The summed E-state index contributed by atoms with van der Waals surface area (Å²) in [7, 11) is 0. The van der Waals surface area contributed by atoms with E-state index in [1.165, 1.54) is 0 Å². The van der Waals surface area contributed by atoms with E-state index in [0.29, 0.717) is 33.0 Å². The number of hydrogen-bond acceptors (Lipinski definition) is 3. The third kappa shape index (κ3) is 5.23. The molecule has 0 aliphatic rings. The first-order chi connectivity index (χ1) is 14.2. The van der Waals surface area contributed by atoms with Gasteiger partial charge in [0.15, 0.2) is 0 Å². The smallest absolute Gasteiger partial charge is 0.147 e. The number of benzene rings is 4. The van der Waals surface area contributed by atoms with Crippen molar-refractivity contribution in [3.8, 4) is 34.5 Å². The summed E-state index contributed by atoms with van der Waals surface area (Å²) in [5.74, 6) is 4.06. The first-order valence-electron chi connectivity index (χ1n) is 8.89. The zero-order valence-corrected chi connectivity index (χ0v) is 16.7. The average molecular weight is 423 g/mol. The fraction of sp³-hybridized carbons (Fsp3) is 0. The van der Waals surface area contributed by atoms with Gasteiger partial charge in [-0.15, -0.1) is 0 Å². The van der Waals surface area contributed by atoms with E-state index in [0.717, 1.165) is 11.5 Å². The number of halogens is 2. The van der Waals surface area contributed by atoms with Gasteiger partial charge >= 0.3 is 0 Å². The van der Waals surface area contributed by atoms with E-state index in [1.54, 1.807) is 30.3 Å². The van der Waals surface area contributed by atoms with Gasteiger partial charge in [0.05, 0.1) is 5.02 Å². The predicted molar refractivity (Wildman–Crippen MR) is 116 cm³/mol. The first-order valence-corrected chi connectivity index (χ1v) is 9.65. The second-order valence-electron chi connectivity index (χ2n) is 6.14. The molecule has 0 fully saturated rings. The minimum Gasteiger partial charge on any atom is -0.457 e. The van der Waals surface area contributed by atoms with Crippen LogP contribution in [0.2, 0.25) is 10.0 Å². The van der Waals surface area contributed by atoms with E-state index >= 15 is 0 Å². The van der Waals surface area contributed by atoms with Gasteiger partial charge in [-0.2, -0.15) is 0 Å². The molecule has 0 aliphatic carbocycles. The molecule has 0 saturated heterocycles. The van der Waals surface area contributed by atoms with Gasteiger partial charge in [0, 0.05) is 11.1 Å². The summed E-state index contributed by atoms with van der Waals surface area (Å²) in [6, 6.07) is 29.4. The molecule has 0 amide bonds. The summed E-state index contributed by atoms with van der Waals surface area (Å²) in [5.41, 5.74) is 0. The van der Waals surface area contributed by atoms with E-state index in [9.17, 15) is 0 Å². The fourth-order valence-electron chi connectivity index (χ4n) is 2.59. The molecule has 4 rings (SSSR count). The maximum absolute atomic E-state index is 6.13. The number of para-hydroxylation sites is 1. The van der Waals surface area contributed by atoms with Crippen molar-refractivity contribution in [2.75, 3.05) is 0 Å². The highest BCUT2D eigenvalue weighted by Crippen LogP contribution is 2.33. The Kier molecular flexibility index (Phi) is 5.89. The Hall–Kier alpha value is -3.14. The van der Waals surface area contributed by atoms with Gasteiger partial charge in [0.2, 0.25) is 0 Å². The zero-order valence-electron chi connectivity index (χ0n) is 15.2. The van der Waals surface area contributed by atoms with E-state index in [2.05, 4.69) is 0 Å². The van der Waals surface area contributed by atoms with Gasteiger partial charge < -0.3 is 14.2 Å². The third-order valence-corrected chi connectivity index (χ3v) is 4.53. The van der Waals surface area contributed by atoms with Crippen LogP contribution in [0.1, 0.15) is 0 Å². The van der Waals surface area contributed by atoms with Crippen LogP contribution in [0.15, 0.2) is 97.1 Å². The summed E-state index contributed by atoms with van der Waals surface area (Å²) in [6.07, 6.45) is 0. The highest BCUT2D eigenvalue weighted by atomic mass is 35.5. The van der Waals surface area contributed by atoms with Crippen LogP contribution in [-0.2, 0) is 0 Å². The Labute approximate surface area is 179 Å². The lowest BCUT2D eigenvalue weighted by molar-refractivity contribution is 0.464. The molecular weight excluding hydrogens is 407 g/mol. The maximum atomic E-state index is 6.13. The van der Waals surface area contributed by atoms with Crippen molar-refractivity contribution < 1.29 is 14.2 Å². The maximum Gasteiger partial charge on any atom is 0.147 e. The second-order valence-corrected chi connectivity index (χ2v) is 6.98. The molecule has 0 heterocycles. The molecule has 3 nitrogen and oxygen atoms in total. The van der Waals surface area contributed by atoms with Crippen LogP contribution < -0.4 is 14.2 Å². The summed E-state index contributed by atoms with van der Waals surface area (Å²) >= 11 is 12.1. The number of ether oxygens (including phenoxy) is 3. The van der Waals surface area contributed by atoms with E-state index < -0.39 is 0 Å². The molecule has 0 saturated carbocycles. The molecule has 4 aromatic carbocycles. The topological polar surface area (TPSA) is 27.7 Å². The van der Waals surface area contributed by atoms with Crippen LogP contribution in [0, 0.1) is 0 Å². The van der Waals surface area contributed by atoms with E-state index in [1.807, 2.05) is 66.7 Å². The molecule has 0 unspecified atom stereocenters. The Morgan fingerprint density at radius 2 is 0.897 bits per heavy atom. The Balaban J connectivity index is 1.39. The number of rotatable bonds is 6. The van der Waals surface area contributed by atoms with Gasteiger partial charge in [0.25, 0.3) is 0 Å². The van der Waals surface area contributed by atoms with Gasteiger partial charge in [-0.1, -0.05) is 41.4 Å². The fourth-order valence-corrected chi connectivity index (χ4v) is 2.91. The second kappa shape index (κ2) is 8.91. The molecular formula is C24H16Cl2O3. The lowest BCUT2D eigenvalue weighted by atomic mass is 10.3. The molecule has 0 aromatic heterocycles. The number of hydrogen-bond donors (Lipinski definition) is 0. The Morgan fingerprint density at radius 1 is 0.448 bits per heavy atom. The summed E-state index contributed by atoms with van der Waals surface area (Å²) in [6.45, 7) is 0. The average Bonchev–Trinajstić information content (AvgIpc) is 2.74. The Morgan fingerprint density at radius 3 is 1.41 bits per heavy atom. The largest absolute Gasteiger partial charge is 0.457 e. The highest BCUT2D eigenvalue weighted by Gasteiger charge is 2.05. The van der Waals surface area contributed by atoms with Gasteiger partial charge in [-0.3, -0.25) is 0 Å². The molecule has 0 N–H and O–H groups in total. The van der Waals surface area contributed by atoms with Crippen molar-refractivity contribution in [2.24, 2.45) is 0 Å². The lowest BCUT2D eigenvalue weighted by Gasteiger charge is -2.10. The normalized spacial score (nSPS) is 10.4. The first kappa shape index (κ1) is 19.2. The Bertz CT molecular complexity index is 1080. The van der Waals surface area contributed by atoms with Crippen molar-refractivity contribution in [1.29, 1.82) is 0 Å². The molecule has 0 aliphatic heterocycles.